The van der Waals surface area contributed by atoms with Crippen LogP contribution in [0.3, 0.4) is 0 Å². The maximum absolute atomic E-state index is 4.67. The normalized spacial score (nSPS) is 17.8. The maximum Gasteiger partial charge on any atom is 0.153 e. The summed E-state index contributed by atoms with van der Waals surface area (Å²) >= 11 is 0. The number of hydrogen-bond donors (Lipinski definition) is 1. The molecule has 0 radical (unpaired) electrons. The number of nitrogens with zero attached hydrogens (tertiary/aromatic N) is 6. The summed E-state index contributed by atoms with van der Waals surface area (Å²) < 4.78 is 2.00. The predicted octanol–water partition coefficient (Wildman–Crippen LogP) is 3.04. The molecule has 0 saturated carbocycles. The average Bonchev–Trinajstić information content (AvgIpc) is 3.07. The van der Waals surface area contributed by atoms with E-state index in [0.29, 0.717) is 5.92 Å². The first-order valence-electron chi connectivity index (χ1n) is 9.38. The van der Waals surface area contributed by atoms with Gasteiger partial charge in [0.25, 0.3) is 0 Å². The molecule has 4 heterocycles. The Morgan fingerprint density at radius 2 is 2.07 bits per heavy atom. The van der Waals surface area contributed by atoms with Crippen molar-refractivity contribution in [3.8, 4) is 0 Å². The first-order valence-corrected chi connectivity index (χ1v) is 9.38. The molecule has 1 fully saturated rings. The van der Waals surface area contributed by atoms with Gasteiger partial charge in [-0.05, 0) is 38.4 Å². The standard InChI is InChI=1S/C20H25N7/c1-15-5-3-7-18(24-15)25-20-19(21-8-9-22-20)16-6-4-10-27(11-16)13-17-12-26(2)14-23-17/h3,5,7-9,12,14,16H,4,6,10-11,13H2,1-2H3,(H,22,24,25)/t16-/m1/s1. The third-order valence-electron chi connectivity index (χ3n) is 4.90. The summed E-state index contributed by atoms with van der Waals surface area (Å²) in [6.07, 6.45) is 9.72. The fourth-order valence-corrected chi connectivity index (χ4v) is 3.68. The predicted molar refractivity (Wildman–Crippen MR) is 105 cm³/mol. The molecule has 7 nitrogen and oxygen atoms in total. The number of imidazole rings is 1. The zero-order valence-electron chi connectivity index (χ0n) is 15.8. The largest absolute Gasteiger partial charge is 0.340 e. The van der Waals surface area contributed by atoms with Crippen LogP contribution in [-0.4, -0.2) is 42.5 Å². The topological polar surface area (TPSA) is 71.8 Å². The molecule has 3 aromatic heterocycles. The molecule has 4 rings (SSSR count). The van der Waals surface area contributed by atoms with E-state index in [9.17, 15) is 0 Å². The number of likely N-dealkylation sites (tertiary alicyclic amines) is 1. The highest BCUT2D eigenvalue weighted by Gasteiger charge is 2.25. The van der Waals surface area contributed by atoms with Crippen LogP contribution < -0.4 is 5.32 Å². The number of aromatic nitrogens is 5. The SMILES string of the molecule is Cc1cccc(Nc2nccnc2[C@@H]2CCCN(Cc3cn(C)cn3)C2)n1. The number of aryl methyl sites for hydroxylation is 2. The van der Waals surface area contributed by atoms with E-state index in [2.05, 4.69) is 36.3 Å². The van der Waals surface area contributed by atoms with Crippen molar-refractivity contribution in [3.05, 3.63) is 60.2 Å². The van der Waals surface area contributed by atoms with Gasteiger partial charge in [0.15, 0.2) is 5.82 Å². The van der Waals surface area contributed by atoms with Gasteiger partial charge in [-0.2, -0.15) is 0 Å². The molecule has 0 spiro atoms. The van der Waals surface area contributed by atoms with E-state index in [1.807, 2.05) is 43.1 Å². The van der Waals surface area contributed by atoms with Crippen LogP contribution in [0.4, 0.5) is 11.6 Å². The highest BCUT2D eigenvalue weighted by Crippen LogP contribution is 2.30. The van der Waals surface area contributed by atoms with Crippen molar-refractivity contribution in [3.63, 3.8) is 0 Å². The van der Waals surface area contributed by atoms with Crippen LogP contribution in [0.25, 0.3) is 0 Å². The average molecular weight is 363 g/mol. The second-order valence-corrected chi connectivity index (χ2v) is 7.18. The molecule has 0 amide bonds. The Hall–Kier alpha value is -2.80. The summed E-state index contributed by atoms with van der Waals surface area (Å²) in [7, 11) is 2.01. The van der Waals surface area contributed by atoms with Crippen LogP contribution >= 0.6 is 0 Å². The molecule has 1 aliphatic rings. The monoisotopic (exact) mass is 363 g/mol. The van der Waals surface area contributed by atoms with Crippen molar-refractivity contribution in [1.29, 1.82) is 0 Å². The molecular weight excluding hydrogens is 338 g/mol. The van der Waals surface area contributed by atoms with E-state index in [1.165, 1.54) is 0 Å². The van der Waals surface area contributed by atoms with Gasteiger partial charge >= 0.3 is 0 Å². The van der Waals surface area contributed by atoms with E-state index in [4.69, 9.17) is 0 Å². The second kappa shape index (κ2) is 7.84. The van der Waals surface area contributed by atoms with Gasteiger partial charge in [0, 0.05) is 50.3 Å². The van der Waals surface area contributed by atoms with E-state index in [0.717, 1.165) is 61.2 Å². The van der Waals surface area contributed by atoms with Gasteiger partial charge in [-0.15, -0.1) is 0 Å². The van der Waals surface area contributed by atoms with Crippen LogP contribution in [0.5, 0.6) is 0 Å². The zero-order valence-corrected chi connectivity index (χ0v) is 15.8. The summed E-state index contributed by atoms with van der Waals surface area (Å²) in [5.41, 5.74) is 3.11. The Bertz CT molecular complexity index is 905. The Balaban J connectivity index is 1.50. The van der Waals surface area contributed by atoms with Crippen LogP contribution in [0, 0.1) is 6.92 Å². The highest BCUT2D eigenvalue weighted by molar-refractivity contribution is 5.55. The minimum atomic E-state index is 0.350. The van der Waals surface area contributed by atoms with Crippen molar-refractivity contribution >= 4 is 11.6 Å². The Kier molecular flexibility index (Phi) is 5.11. The molecule has 0 aromatic carbocycles. The molecule has 0 bridgehead atoms. The molecule has 27 heavy (non-hydrogen) atoms. The van der Waals surface area contributed by atoms with Gasteiger partial charge in [0.1, 0.15) is 5.82 Å². The molecule has 1 aliphatic heterocycles. The number of rotatable bonds is 5. The first-order chi connectivity index (χ1) is 13.2. The van der Waals surface area contributed by atoms with Crippen molar-refractivity contribution in [2.75, 3.05) is 18.4 Å². The zero-order chi connectivity index (χ0) is 18.6. The Morgan fingerprint density at radius 1 is 1.19 bits per heavy atom. The lowest BCUT2D eigenvalue weighted by Crippen LogP contribution is -2.34. The van der Waals surface area contributed by atoms with E-state index < -0.39 is 0 Å². The summed E-state index contributed by atoms with van der Waals surface area (Å²) in [5, 5.41) is 3.36. The van der Waals surface area contributed by atoms with Gasteiger partial charge in [0.2, 0.25) is 0 Å². The molecule has 1 atom stereocenters. The fourth-order valence-electron chi connectivity index (χ4n) is 3.68. The Morgan fingerprint density at radius 3 is 2.89 bits per heavy atom. The maximum atomic E-state index is 4.67. The quantitative estimate of drug-likeness (QED) is 0.751. The smallest absolute Gasteiger partial charge is 0.153 e. The van der Waals surface area contributed by atoms with Gasteiger partial charge in [-0.3, -0.25) is 9.88 Å². The summed E-state index contributed by atoms with van der Waals surface area (Å²) in [4.78, 5) is 20.7. The lowest BCUT2D eigenvalue weighted by atomic mass is 9.94. The lowest BCUT2D eigenvalue weighted by molar-refractivity contribution is 0.197. The first kappa shape index (κ1) is 17.6. The summed E-state index contributed by atoms with van der Waals surface area (Å²) in [5.74, 6) is 1.96. The van der Waals surface area contributed by atoms with Crippen LogP contribution in [0.15, 0.2) is 43.1 Å². The molecule has 0 unspecified atom stereocenters. The number of nitrogens with one attached hydrogen (secondary N) is 1. The summed E-state index contributed by atoms with van der Waals surface area (Å²) in [6.45, 7) is 4.92. The number of anilines is 2. The van der Waals surface area contributed by atoms with Gasteiger partial charge in [-0.1, -0.05) is 6.07 Å². The third-order valence-corrected chi connectivity index (χ3v) is 4.90. The van der Waals surface area contributed by atoms with Gasteiger partial charge < -0.3 is 9.88 Å². The van der Waals surface area contributed by atoms with E-state index in [1.54, 1.807) is 12.4 Å². The van der Waals surface area contributed by atoms with Crippen molar-refractivity contribution in [2.45, 2.75) is 32.2 Å². The number of piperidine rings is 1. The minimum absolute atomic E-state index is 0.350. The molecule has 0 aliphatic carbocycles. The molecular formula is C20H25N7. The number of hydrogen-bond acceptors (Lipinski definition) is 6. The molecule has 1 saturated heterocycles. The van der Waals surface area contributed by atoms with Crippen molar-refractivity contribution in [2.24, 2.45) is 7.05 Å². The lowest BCUT2D eigenvalue weighted by Gasteiger charge is -2.32. The molecule has 3 aromatic rings. The van der Waals surface area contributed by atoms with Crippen LogP contribution in [-0.2, 0) is 13.6 Å². The van der Waals surface area contributed by atoms with Gasteiger partial charge in [-0.25, -0.2) is 15.0 Å². The third kappa shape index (κ3) is 4.31. The minimum Gasteiger partial charge on any atom is -0.340 e. The number of pyridine rings is 1. The fraction of sp³-hybridized carbons (Fsp3) is 0.400. The highest BCUT2D eigenvalue weighted by atomic mass is 15.2. The van der Waals surface area contributed by atoms with E-state index >= 15 is 0 Å². The summed E-state index contributed by atoms with van der Waals surface area (Å²) in [6, 6.07) is 5.94. The second-order valence-electron chi connectivity index (χ2n) is 7.18. The van der Waals surface area contributed by atoms with Gasteiger partial charge in [0.05, 0.1) is 17.7 Å². The van der Waals surface area contributed by atoms with Crippen molar-refractivity contribution in [1.82, 2.24) is 29.4 Å². The van der Waals surface area contributed by atoms with E-state index in [-0.39, 0.29) is 0 Å². The molecule has 7 heteroatoms. The van der Waals surface area contributed by atoms with Crippen molar-refractivity contribution < 1.29 is 0 Å². The Labute approximate surface area is 159 Å². The molecule has 140 valence electrons. The van der Waals surface area contributed by atoms with Crippen LogP contribution in [0.2, 0.25) is 0 Å². The molecule has 1 N–H and O–H groups in total. The van der Waals surface area contributed by atoms with Crippen LogP contribution in [0.1, 0.15) is 35.8 Å².